The van der Waals surface area contributed by atoms with Gasteiger partial charge in [-0.15, -0.1) is 0 Å². The van der Waals surface area contributed by atoms with Crippen LogP contribution in [0.4, 0.5) is 0 Å². The second-order valence-electron chi connectivity index (χ2n) is 5.29. The molecule has 1 aliphatic carbocycles. The van der Waals surface area contributed by atoms with Crippen molar-refractivity contribution in [3.63, 3.8) is 0 Å². The van der Waals surface area contributed by atoms with Crippen molar-refractivity contribution in [1.29, 1.82) is 0 Å². The summed E-state index contributed by atoms with van der Waals surface area (Å²) in [5.74, 6) is 1.46. The van der Waals surface area contributed by atoms with E-state index in [1.165, 1.54) is 12.8 Å². The first kappa shape index (κ1) is 12.4. The van der Waals surface area contributed by atoms with Gasteiger partial charge in [-0.05, 0) is 30.2 Å². The lowest BCUT2D eigenvalue weighted by molar-refractivity contribution is 0.336. The summed E-state index contributed by atoms with van der Waals surface area (Å²) in [4.78, 5) is 4.39. The zero-order chi connectivity index (χ0) is 12.3. The predicted molar refractivity (Wildman–Crippen MR) is 69.0 cm³/mol. The molecule has 0 radical (unpaired) electrons. The molecule has 1 heterocycles. The molecule has 3 heteroatoms. The SMILES string of the molecule is COc1cccc(CNCC2(C(C)C)CC2)n1. The normalized spacial score (nSPS) is 17.2. The van der Waals surface area contributed by atoms with Crippen molar-refractivity contribution < 1.29 is 4.74 Å². The predicted octanol–water partition coefficient (Wildman–Crippen LogP) is 2.62. The third-order valence-electron chi connectivity index (χ3n) is 3.89. The Balaban J connectivity index is 1.82. The van der Waals surface area contributed by atoms with Gasteiger partial charge in [0.2, 0.25) is 5.88 Å². The fourth-order valence-electron chi connectivity index (χ4n) is 2.23. The first-order valence-electron chi connectivity index (χ1n) is 6.37. The standard InChI is InChI=1S/C14H22N2O/c1-11(2)14(7-8-14)10-15-9-12-5-4-6-13(16-12)17-3/h4-6,11,15H,7-10H2,1-3H3. The molecule has 3 nitrogen and oxygen atoms in total. The Hall–Kier alpha value is -1.09. The number of nitrogens with zero attached hydrogens (tertiary/aromatic N) is 1. The second kappa shape index (κ2) is 5.05. The average Bonchev–Trinajstić information content (AvgIpc) is 3.11. The van der Waals surface area contributed by atoms with Gasteiger partial charge in [0.25, 0.3) is 0 Å². The van der Waals surface area contributed by atoms with Crippen LogP contribution in [0.25, 0.3) is 0 Å². The monoisotopic (exact) mass is 234 g/mol. The quantitative estimate of drug-likeness (QED) is 0.821. The van der Waals surface area contributed by atoms with Crippen LogP contribution in [0.3, 0.4) is 0 Å². The van der Waals surface area contributed by atoms with Crippen molar-refractivity contribution in [2.75, 3.05) is 13.7 Å². The van der Waals surface area contributed by atoms with Crippen LogP contribution in [0.1, 0.15) is 32.4 Å². The Bertz CT molecular complexity index is 372. The van der Waals surface area contributed by atoms with E-state index in [4.69, 9.17) is 4.74 Å². The van der Waals surface area contributed by atoms with Gasteiger partial charge in [-0.3, -0.25) is 0 Å². The van der Waals surface area contributed by atoms with Crippen molar-refractivity contribution in [2.24, 2.45) is 11.3 Å². The number of rotatable bonds is 6. The van der Waals surface area contributed by atoms with E-state index < -0.39 is 0 Å². The highest BCUT2D eigenvalue weighted by molar-refractivity contribution is 5.15. The summed E-state index contributed by atoms with van der Waals surface area (Å²) in [5.41, 5.74) is 1.60. The van der Waals surface area contributed by atoms with E-state index in [0.717, 1.165) is 24.7 Å². The number of pyridine rings is 1. The lowest BCUT2D eigenvalue weighted by Gasteiger charge is -2.19. The summed E-state index contributed by atoms with van der Waals surface area (Å²) in [6.45, 7) is 6.56. The molecule has 1 N–H and O–H groups in total. The van der Waals surface area contributed by atoms with Crippen LogP contribution in [0, 0.1) is 11.3 Å². The lowest BCUT2D eigenvalue weighted by atomic mass is 9.92. The highest BCUT2D eigenvalue weighted by atomic mass is 16.5. The highest BCUT2D eigenvalue weighted by Gasteiger charge is 2.44. The first-order valence-corrected chi connectivity index (χ1v) is 6.37. The van der Waals surface area contributed by atoms with E-state index in [9.17, 15) is 0 Å². The maximum atomic E-state index is 5.11. The highest BCUT2D eigenvalue weighted by Crippen LogP contribution is 2.51. The molecular formula is C14H22N2O. The zero-order valence-electron chi connectivity index (χ0n) is 11.0. The average molecular weight is 234 g/mol. The molecule has 0 bridgehead atoms. The molecule has 0 spiro atoms. The Kier molecular flexibility index (Phi) is 3.67. The maximum absolute atomic E-state index is 5.11. The number of ether oxygens (including phenoxy) is 1. The minimum Gasteiger partial charge on any atom is -0.481 e. The van der Waals surface area contributed by atoms with Gasteiger partial charge in [0.1, 0.15) is 0 Å². The van der Waals surface area contributed by atoms with Crippen LogP contribution >= 0.6 is 0 Å². The van der Waals surface area contributed by atoms with Crippen molar-refractivity contribution in [1.82, 2.24) is 10.3 Å². The number of hydrogen-bond donors (Lipinski definition) is 1. The van der Waals surface area contributed by atoms with Crippen LogP contribution in [0.5, 0.6) is 5.88 Å². The van der Waals surface area contributed by atoms with Gasteiger partial charge in [0, 0.05) is 19.2 Å². The molecule has 2 rings (SSSR count). The summed E-state index contributed by atoms with van der Waals surface area (Å²) in [7, 11) is 1.65. The lowest BCUT2D eigenvalue weighted by Crippen LogP contribution is -2.27. The maximum Gasteiger partial charge on any atom is 0.213 e. The minimum atomic E-state index is 0.554. The van der Waals surface area contributed by atoms with E-state index in [1.54, 1.807) is 7.11 Å². The summed E-state index contributed by atoms with van der Waals surface area (Å²) in [5, 5.41) is 3.52. The Morgan fingerprint density at radius 2 is 2.18 bits per heavy atom. The van der Waals surface area contributed by atoms with Crippen LogP contribution in [-0.4, -0.2) is 18.6 Å². The van der Waals surface area contributed by atoms with E-state index in [0.29, 0.717) is 11.3 Å². The molecule has 94 valence electrons. The molecule has 17 heavy (non-hydrogen) atoms. The fraction of sp³-hybridized carbons (Fsp3) is 0.643. The molecule has 1 aromatic heterocycles. The molecular weight excluding hydrogens is 212 g/mol. The van der Waals surface area contributed by atoms with Gasteiger partial charge in [-0.2, -0.15) is 0 Å². The molecule has 0 saturated heterocycles. The number of methoxy groups -OCH3 is 1. The molecule has 0 atom stereocenters. The molecule has 0 aromatic carbocycles. The summed E-state index contributed by atoms with van der Waals surface area (Å²) < 4.78 is 5.11. The van der Waals surface area contributed by atoms with Crippen molar-refractivity contribution in [2.45, 2.75) is 33.2 Å². The topological polar surface area (TPSA) is 34.1 Å². The van der Waals surface area contributed by atoms with E-state index >= 15 is 0 Å². The van der Waals surface area contributed by atoms with E-state index in [1.807, 2.05) is 18.2 Å². The second-order valence-corrected chi connectivity index (χ2v) is 5.29. The first-order chi connectivity index (χ1) is 8.16. The van der Waals surface area contributed by atoms with Gasteiger partial charge in [0.05, 0.1) is 12.8 Å². The van der Waals surface area contributed by atoms with Crippen LogP contribution < -0.4 is 10.1 Å². The Morgan fingerprint density at radius 3 is 2.76 bits per heavy atom. The zero-order valence-corrected chi connectivity index (χ0v) is 11.0. The van der Waals surface area contributed by atoms with E-state index in [2.05, 4.69) is 24.1 Å². The largest absolute Gasteiger partial charge is 0.481 e. The fourth-order valence-corrected chi connectivity index (χ4v) is 2.23. The van der Waals surface area contributed by atoms with Crippen molar-refractivity contribution in [3.05, 3.63) is 23.9 Å². The van der Waals surface area contributed by atoms with E-state index in [-0.39, 0.29) is 0 Å². The molecule has 0 unspecified atom stereocenters. The van der Waals surface area contributed by atoms with Crippen molar-refractivity contribution in [3.8, 4) is 5.88 Å². The van der Waals surface area contributed by atoms with Crippen LogP contribution in [-0.2, 0) is 6.54 Å². The Labute approximate surface area is 104 Å². The van der Waals surface area contributed by atoms with Gasteiger partial charge in [-0.25, -0.2) is 4.98 Å². The van der Waals surface area contributed by atoms with Crippen LogP contribution in [0.2, 0.25) is 0 Å². The smallest absolute Gasteiger partial charge is 0.213 e. The van der Waals surface area contributed by atoms with Gasteiger partial charge >= 0.3 is 0 Å². The van der Waals surface area contributed by atoms with Crippen LogP contribution in [0.15, 0.2) is 18.2 Å². The third-order valence-corrected chi connectivity index (χ3v) is 3.89. The molecule has 1 saturated carbocycles. The van der Waals surface area contributed by atoms with Gasteiger partial charge in [0.15, 0.2) is 0 Å². The van der Waals surface area contributed by atoms with Crippen molar-refractivity contribution >= 4 is 0 Å². The molecule has 0 amide bonds. The summed E-state index contributed by atoms with van der Waals surface area (Å²) >= 11 is 0. The number of nitrogens with one attached hydrogen (secondary N) is 1. The number of aromatic nitrogens is 1. The molecule has 1 fully saturated rings. The van der Waals surface area contributed by atoms with Gasteiger partial charge in [-0.1, -0.05) is 19.9 Å². The minimum absolute atomic E-state index is 0.554. The molecule has 1 aliphatic rings. The molecule has 0 aliphatic heterocycles. The summed E-state index contributed by atoms with van der Waals surface area (Å²) in [6.07, 6.45) is 2.73. The third kappa shape index (κ3) is 2.97. The summed E-state index contributed by atoms with van der Waals surface area (Å²) in [6, 6.07) is 5.89. The molecule has 1 aromatic rings. The number of hydrogen-bond acceptors (Lipinski definition) is 3. The van der Waals surface area contributed by atoms with Gasteiger partial charge < -0.3 is 10.1 Å². The Morgan fingerprint density at radius 1 is 1.41 bits per heavy atom.